The molecule has 5 nitrogen and oxygen atoms in total. The number of fused-ring (bicyclic) bond motifs is 1. The van der Waals surface area contributed by atoms with Gasteiger partial charge in [-0.25, -0.2) is 9.67 Å². The number of hydrogen-bond acceptors (Lipinski definition) is 3. The van der Waals surface area contributed by atoms with Crippen LogP contribution in [0.5, 0.6) is 0 Å². The zero-order chi connectivity index (χ0) is 13.4. The number of para-hydroxylation sites is 1. The number of nitrogens with zero attached hydrogens (tertiary/aromatic N) is 5. The van der Waals surface area contributed by atoms with Crippen LogP contribution in [0.25, 0.3) is 22.6 Å². The fourth-order valence-electron chi connectivity index (χ4n) is 2.16. The molecule has 0 radical (unpaired) electrons. The molecule has 0 atom stereocenters. The Morgan fingerprint density at radius 3 is 2.70 bits per heavy atom. The largest absolute Gasteiger partial charge is 0.304 e. The molecule has 3 heterocycles. The summed E-state index contributed by atoms with van der Waals surface area (Å²) in [5, 5.41) is 4.38. The molecule has 0 N–H and O–H groups in total. The van der Waals surface area contributed by atoms with Crippen LogP contribution >= 0.6 is 0 Å². The third kappa shape index (κ3) is 1.76. The summed E-state index contributed by atoms with van der Waals surface area (Å²) < 4.78 is 3.79. The molecule has 0 unspecified atom stereocenters. The monoisotopic (exact) mass is 261 g/mol. The minimum atomic E-state index is 0.829. The SMILES string of the molecule is c1ccc(-n2cc(-c3cn4ccncc4n3)cn2)cc1. The first-order chi connectivity index (χ1) is 9.90. The van der Waals surface area contributed by atoms with Gasteiger partial charge in [0, 0.05) is 30.4 Å². The maximum Gasteiger partial charge on any atom is 0.155 e. The van der Waals surface area contributed by atoms with Crippen LogP contribution in [0.1, 0.15) is 0 Å². The van der Waals surface area contributed by atoms with Gasteiger partial charge in [-0.05, 0) is 12.1 Å². The third-order valence-corrected chi connectivity index (χ3v) is 3.16. The summed E-state index contributed by atoms with van der Waals surface area (Å²) in [5.41, 5.74) is 3.73. The lowest BCUT2D eigenvalue weighted by Gasteiger charge is -1.98. The summed E-state index contributed by atoms with van der Waals surface area (Å²) >= 11 is 0. The van der Waals surface area contributed by atoms with Gasteiger partial charge in [0.25, 0.3) is 0 Å². The maximum atomic E-state index is 4.54. The van der Waals surface area contributed by atoms with Crippen LogP contribution in [0.15, 0.2) is 67.5 Å². The highest BCUT2D eigenvalue weighted by Gasteiger charge is 2.07. The number of hydrogen-bond donors (Lipinski definition) is 0. The summed E-state index contributed by atoms with van der Waals surface area (Å²) in [7, 11) is 0. The van der Waals surface area contributed by atoms with E-state index in [-0.39, 0.29) is 0 Å². The Kier molecular flexibility index (Phi) is 2.35. The predicted octanol–water partition coefficient (Wildman–Crippen LogP) is 2.58. The number of aromatic nitrogens is 5. The second-order valence-electron chi connectivity index (χ2n) is 4.48. The normalized spacial score (nSPS) is 11.0. The topological polar surface area (TPSA) is 48.0 Å². The molecule has 0 fully saturated rings. The molecule has 4 aromatic rings. The van der Waals surface area contributed by atoms with Crippen LogP contribution in [0.4, 0.5) is 0 Å². The Balaban J connectivity index is 1.78. The van der Waals surface area contributed by atoms with Crippen molar-refractivity contribution in [3.8, 4) is 16.9 Å². The molecule has 0 bridgehead atoms. The molecule has 0 amide bonds. The zero-order valence-corrected chi connectivity index (χ0v) is 10.6. The second kappa shape index (κ2) is 4.31. The molecule has 0 aliphatic carbocycles. The van der Waals surface area contributed by atoms with Gasteiger partial charge >= 0.3 is 0 Å². The fraction of sp³-hybridized carbons (Fsp3) is 0. The molecule has 1 aromatic carbocycles. The molecular weight excluding hydrogens is 250 g/mol. The van der Waals surface area contributed by atoms with Gasteiger partial charge in [-0.15, -0.1) is 0 Å². The molecule has 3 aromatic heterocycles. The number of rotatable bonds is 2. The Morgan fingerprint density at radius 1 is 0.950 bits per heavy atom. The second-order valence-corrected chi connectivity index (χ2v) is 4.48. The molecule has 4 rings (SSSR count). The van der Waals surface area contributed by atoms with Gasteiger partial charge < -0.3 is 4.40 Å². The van der Waals surface area contributed by atoms with Crippen LogP contribution in [-0.2, 0) is 0 Å². The van der Waals surface area contributed by atoms with Gasteiger partial charge in [0.1, 0.15) is 0 Å². The van der Waals surface area contributed by atoms with Crippen LogP contribution in [0.3, 0.4) is 0 Å². The first kappa shape index (κ1) is 10.9. The van der Waals surface area contributed by atoms with Gasteiger partial charge in [-0.1, -0.05) is 18.2 Å². The van der Waals surface area contributed by atoms with Crippen LogP contribution in [0.2, 0.25) is 0 Å². The third-order valence-electron chi connectivity index (χ3n) is 3.16. The van der Waals surface area contributed by atoms with E-state index in [0.29, 0.717) is 0 Å². The smallest absolute Gasteiger partial charge is 0.155 e. The van der Waals surface area contributed by atoms with E-state index in [1.807, 2.05) is 64.2 Å². The van der Waals surface area contributed by atoms with E-state index in [4.69, 9.17) is 0 Å². The first-order valence-electron chi connectivity index (χ1n) is 6.29. The Hall–Kier alpha value is -2.95. The number of benzene rings is 1. The van der Waals surface area contributed by atoms with Crippen LogP contribution < -0.4 is 0 Å². The Labute approximate surface area is 115 Å². The standard InChI is InChI=1S/C15H11N5/c1-2-4-13(5-3-1)20-10-12(8-17-20)14-11-19-7-6-16-9-15(19)18-14/h1-11H. The van der Waals surface area contributed by atoms with Crippen molar-refractivity contribution < 1.29 is 0 Å². The number of imidazole rings is 1. The van der Waals surface area contributed by atoms with Crippen molar-refractivity contribution in [2.24, 2.45) is 0 Å². The average Bonchev–Trinajstić information content (AvgIpc) is 3.14. The molecule has 96 valence electrons. The Morgan fingerprint density at radius 2 is 1.85 bits per heavy atom. The van der Waals surface area contributed by atoms with Crippen molar-refractivity contribution in [1.29, 1.82) is 0 Å². The zero-order valence-electron chi connectivity index (χ0n) is 10.6. The highest BCUT2D eigenvalue weighted by molar-refractivity contribution is 5.61. The minimum Gasteiger partial charge on any atom is -0.304 e. The molecule has 0 spiro atoms. The van der Waals surface area contributed by atoms with Crippen molar-refractivity contribution in [3.63, 3.8) is 0 Å². The average molecular weight is 261 g/mol. The van der Waals surface area contributed by atoms with E-state index in [0.717, 1.165) is 22.6 Å². The summed E-state index contributed by atoms with van der Waals surface area (Å²) in [6, 6.07) is 10.0. The molecular formula is C15H11N5. The molecule has 0 saturated carbocycles. The summed E-state index contributed by atoms with van der Waals surface area (Å²) in [4.78, 5) is 8.61. The van der Waals surface area contributed by atoms with Gasteiger partial charge in [-0.2, -0.15) is 5.10 Å². The van der Waals surface area contributed by atoms with Crippen molar-refractivity contribution in [2.45, 2.75) is 0 Å². The molecule has 20 heavy (non-hydrogen) atoms. The molecule has 0 aliphatic rings. The fourth-order valence-corrected chi connectivity index (χ4v) is 2.16. The molecule has 0 aliphatic heterocycles. The van der Waals surface area contributed by atoms with E-state index in [9.17, 15) is 0 Å². The van der Waals surface area contributed by atoms with Crippen molar-refractivity contribution in [3.05, 3.63) is 67.5 Å². The van der Waals surface area contributed by atoms with Crippen molar-refractivity contribution in [2.75, 3.05) is 0 Å². The Bertz CT molecular complexity index is 827. The lowest BCUT2D eigenvalue weighted by Crippen LogP contribution is -1.92. The van der Waals surface area contributed by atoms with Gasteiger partial charge in [0.2, 0.25) is 0 Å². The van der Waals surface area contributed by atoms with Crippen molar-refractivity contribution in [1.82, 2.24) is 24.1 Å². The molecule has 0 saturated heterocycles. The lowest BCUT2D eigenvalue weighted by atomic mass is 10.3. The molecule has 5 heteroatoms. The van der Waals surface area contributed by atoms with Crippen LogP contribution in [-0.4, -0.2) is 24.1 Å². The minimum absolute atomic E-state index is 0.829. The highest BCUT2D eigenvalue weighted by atomic mass is 15.3. The maximum absolute atomic E-state index is 4.54. The quantitative estimate of drug-likeness (QED) is 0.557. The summed E-state index contributed by atoms with van der Waals surface area (Å²) in [6.45, 7) is 0. The predicted molar refractivity (Wildman–Crippen MR) is 75.5 cm³/mol. The summed E-state index contributed by atoms with van der Waals surface area (Å²) in [5.74, 6) is 0. The van der Waals surface area contributed by atoms with E-state index >= 15 is 0 Å². The van der Waals surface area contributed by atoms with Gasteiger partial charge in [-0.3, -0.25) is 4.98 Å². The van der Waals surface area contributed by atoms with E-state index in [2.05, 4.69) is 15.1 Å². The van der Waals surface area contributed by atoms with Gasteiger partial charge in [0.05, 0.1) is 23.8 Å². The highest BCUT2D eigenvalue weighted by Crippen LogP contribution is 2.19. The summed E-state index contributed by atoms with van der Waals surface area (Å²) in [6.07, 6.45) is 11.1. The lowest BCUT2D eigenvalue weighted by molar-refractivity contribution is 0.881. The van der Waals surface area contributed by atoms with Gasteiger partial charge in [0.15, 0.2) is 5.65 Å². The van der Waals surface area contributed by atoms with Crippen molar-refractivity contribution >= 4 is 5.65 Å². The van der Waals surface area contributed by atoms with E-state index in [1.54, 1.807) is 12.4 Å². The van der Waals surface area contributed by atoms with E-state index < -0.39 is 0 Å². The van der Waals surface area contributed by atoms with Crippen LogP contribution in [0, 0.1) is 0 Å². The first-order valence-corrected chi connectivity index (χ1v) is 6.29. The van der Waals surface area contributed by atoms with E-state index in [1.165, 1.54) is 0 Å².